The first-order valence-corrected chi connectivity index (χ1v) is 1.32. The van der Waals surface area contributed by atoms with Gasteiger partial charge in [0.05, 0.1) is 0 Å². The lowest BCUT2D eigenvalue weighted by Gasteiger charge is -1.60. The Morgan fingerprint density at radius 1 is 2.00 bits per heavy atom. The van der Waals surface area contributed by atoms with E-state index in [1.807, 2.05) is 6.07 Å². The SMILES string of the molecule is [N+]#CC[CH]N. The molecule has 2 N–H and O–H groups in total. The van der Waals surface area contributed by atoms with Crippen molar-refractivity contribution in [3.8, 4) is 6.07 Å². The molecule has 0 aliphatic heterocycles. The summed E-state index contributed by atoms with van der Waals surface area (Å²) >= 11 is 0. The smallest absolute Gasteiger partial charge is 0.325 e. The van der Waals surface area contributed by atoms with Crippen molar-refractivity contribution >= 4 is 0 Å². The molecule has 0 heterocycles. The van der Waals surface area contributed by atoms with E-state index in [0.717, 1.165) is 0 Å². The summed E-state index contributed by atoms with van der Waals surface area (Å²) in [5.74, 6) is 0. The highest BCUT2D eigenvalue weighted by atomic mass is 14.5. The van der Waals surface area contributed by atoms with Gasteiger partial charge in [-0.2, -0.15) is 0 Å². The molecule has 0 atom stereocenters. The number of rotatable bonds is 1. The van der Waals surface area contributed by atoms with E-state index >= 15 is 0 Å². The third-order valence-corrected chi connectivity index (χ3v) is 0.209. The molecule has 0 saturated carbocycles. The van der Waals surface area contributed by atoms with Gasteiger partial charge in [-0.1, -0.05) is 0 Å². The fraction of sp³-hybridized carbons (Fsp3) is 0.333. The zero-order valence-corrected chi connectivity index (χ0v) is 2.81. The molecule has 2 heteroatoms. The van der Waals surface area contributed by atoms with Crippen molar-refractivity contribution in [2.24, 2.45) is 5.73 Å². The van der Waals surface area contributed by atoms with Crippen LogP contribution in [0.2, 0.25) is 0 Å². The summed E-state index contributed by atoms with van der Waals surface area (Å²) in [4.78, 5) is 0. The van der Waals surface area contributed by atoms with E-state index in [0.29, 0.717) is 6.42 Å². The lowest BCUT2D eigenvalue weighted by atomic mass is 10.5. The van der Waals surface area contributed by atoms with Gasteiger partial charge in [-0.25, -0.2) is 0 Å². The number of nitrogens with zero attached hydrogens (tertiary/aromatic N) is 1. The maximum absolute atomic E-state index is 7.70. The lowest BCUT2D eigenvalue weighted by Crippen LogP contribution is -1.84. The van der Waals surface area contributed by atoms with Gasteiger partial charge >= 0.3 is 11.3 Å². The van der Waals surface area contributed by atoms with Gasteiger partial charge in [-0.15, -0.1) is 0 Å². The number of nitrogens with two attached hydrogens (primary N) is 1. The Labute approximate surface area is 31.2 Å². The van der Waals surface area contributed by atoms with Crippen LogP contribution in [0.25, 0.3) is 5.26 Å². The highest BCUT2D eigenvalue weighted by Crippen LogP contribution is 1.67. The quantitative estimate of drug-likeness (QED) is 0.481. The van der Waals surface area contributed by atoms with Crippen LogP contribution in [-0.2, 0) is 0 Å². The second kappa shape index (κ2) is 3.45. The molecule has 0 unspecified atom stereocenters. The normalized spacial score (nSPS) is 6.40. The van der Waals surface area contributed by atoms with Crippen LogP contribution < -0.4 is 5.73 Å². The van der Waals surface area contributed by atoms with E-state index in [1.165, 1.54) is 6.54 Å². The number of nitriles is 1. The van der Waals surface area contributed by atoms with Crippen molar-refractivity contribution in [2.45, 2.75) is 6.42 Å². The van der Waals surface area contributed by atoms with Crippen LogP contribution in [0.15, 0.2) is 0 Å². The molecule has 5 heavy (non-hydrogen) atoms. The van der Waals surface area contributed by atoms with Crippen molar-refractivity contribution in [3.05, 3.63) is 11.8 Å². The van der Waals surface area contributed by atoms with Gasteiger partial charge < -0.3 is 5.73 Å². The van der Waals surface area contributed by atoms with Gasteiger partial charge in [0.25, 0.3) is 0 Å². The molecule has 2 radical (unpaired) electrons. The molecule has 0 spiro atoms. The van der Waals surface area contributed by atoms with Gasteiger partial charge in [-0.05, 0) is 0 Å². The van der Waals surface area contributed by atoms with Crippen LogP contribution >= 0.6 is 0 Å². The molecule has 26 valence electrons. The predicted octanol–water partition coefficient (Wildman–Crippen LogP) is 0.294. The largest absolute Gasteiger partial charge is 0.403 e. The molecule has 0 saturated heterocycles. The summed E-state index contributed by atoms with van der Waals surface area (Å²) in [6.45, 7) is 1.32. The number of hydrogen-bond acceptors (Lipinski definition) is 2. The second-order valence-electron chi connectivity index (χ2n) is 0.598. The minimum atomic E-state index is 0.347. The standard InChI is InChI=1S/C3H5N2/c4-2-1-3-5/h2H,1,4H2/q+1. The molecule has 0 aromatic carbocycles. The molecular weight excluding hydrogens is 64.0 g/mol. The highest BCUT2D eigenvalue weighted by Gasteiger charge is 1.78. The average Bonchev–Trinajstić information content (AvgIpc) is 1.41. The van der Waals surface area contributed by atoms with Crippen molar-refractivity contribution < 1.29 is 0 Å². The van der Waals surface area contributed by atoms with Gasteiger partial charge in [-0.3, -0.25) is 0 Å². The molecular formula is C3H5N2+. The minimum Gasteiger partial charge on any atom is -0.325 e. The number of hydrogen-bond donors (Lipinski definition) is 1. The summed E-state index contributed by atoms with van der Waals surface area (Å²) in [6.07, 6.45) is 0.347. The molecule has 0 rings (SSSR count). The average molecular weight is 69.1 g/mol. The Bertz CT molecular complexity index is 43.3. The fourth-order valence-corrected chi connectivity index (χ4v) is 0.0527. The van der Waals surface area contributed by atoms with Crippen LogP contribution in [0.3, 0.4) is 0 Å². The van der Waals surface area contributed by atoms with E-state index in [4.69, 9.17) is 11.0 Å². The Morgan fingerprint density at radius 3 is 2.60 bits per heavy atom. The Hall–Kier alpha value is -0.550. The van der Waals surface area contributed by atoms with E-state index in [9.17, 15) is 0 Å². The van der Waals surface area contributed by atoms with E-state index in [-0.39, 0.29) is 0 Å². The fourth-order valence-electron chi connectivity index (χ4n) is 0.0527. The van der Waals surface area contributed by atoms with E-state index in [2.05, 4.69) is 0 Å². The molecule has 0 aliphatic rings. The molecule has 0 amide bonds. The molecule has 0 bridgehead atoms. The Balaban J connectivity index is 2.48. The maximum atomic E-state index is 7.70. The minimum absolute atomic E-state index is 0.347. The summed E-state index contributed by atoms with van der Waals surface area (Å²) in [6, 6.07) is 1.84. The third kappa shape index (κ3) is 3.45. The van der Waals surface area contributed by atoms with Crippen LogP contribution in [-0.4, -0.2) is 0 Å². The van der Waals surface area contributed by atoms with Crippen LogP contribution in [0.1, 0.15) is 6.42 Å². The second-order valence-corrected chi connectivity index (χ2v) is 0.598. The van der Waals surface area contributed by atoms with Gasteiger partial charge in [0.2, 0.25) is 0 Å². The van der Waals surface area contributed by atoms with Crippen LogP contribution in [0, 0.1) is 12.6 Å². The predicted molar refractivity (Wildman–Crippen MR) is 20.4 cm³/mol. The van der Waals surface area contributed by atoms with Crippen LogP contribution in [0.4, 0.5) is 0 Å². The third-order valence-electron chi connectivity index (χ3n) is 0.209. The van der Waals surface area contributed by atoms with Gasteiger partial charge in [0, 0.05) is 6.54 Å². The first-order valence-electron chi connectivity index (χ1n) is 1.32. The first-order chi connectivity index (χ1) is 2.41. The van der Waals surface area contributed by atoms with Crippen molar-refractivity contribution in [1.82, 2.24) is 0 Å². The Morgan fingerprint density at radius 2 is 2.60 bits per heavy atom. The monoisotopic (exact) mass is 69.0 g/mol. The maximum Gasteiger partial charge on any atom is 0.403 e. The van der Waals surface area contributed by atoms with Gasteiger partial charge in [0.15, 0.2) is 0 Å². The van der Waals surface area contributed by atoms with Gasteiger partial charge in [0.1, 0.15) is 6.42 Å². The molecule has 0 aromatic rings. The summed E-state index contributed by atoms with van der Waals surface area (Å²) in [7, 11) is 0. The topological polar surface area (TPSA) is 48.3 Å². The highest BCUT2D eigenvalue weighted by molar-refractivity contribution is 4.81. The van der Waals surface area contributed by atoms with Crippen molar-refractivity contribution in [2.75, 3.05) is 0 Å². The van der Waals surface area contributed by atoms with Crippen molar-refractivity contribution in [3.63, 3.8) is 0 Å². The van der Waals surface area contributed by atoms with Crippen molar-refractivity contribution in [1.29, 1.82) is 0 Å². The summed E-state index contributed by atoms with van der Waals surface area (Å²) in [5, 5.41) is 7.70. The molecule has 0 aliphatic carbocycles. The zero-order chi connectivity index (χ0) is 4.12. The first kappa shape index (κ1) is 4.45. The molecule has 0 aromatic heterocycles. The lowest BCUT2D eigenvalue weighted by molar-refractivity contribution is 1.20. The molecule has 2 nitrogen and oxygen atoms in total. The zero-order valence-electron chi connectivity index (χ0n) is 2.81. The molecule has 0 fully saturated rings. The van der Waals surface area contributed by atoms with E-state index < -0.39 is 0 Å². The van der Waals surface area contributed by atoms with Crippen LogP contribution in [0.5, 0.6) is 0 Å². The Kier molecular flexibility index (Phi) is 3.07. The van der Waals surface area contributed by atoms with E-state index in [1.54, 1.807) is 0 Å². The summed E-state index contributed by atoms with van der Waals surface area (Å²) in [5.41, 5.74) is 4.79. The summed E-state index contributed by atoms with van der Waals surface area (Å²) < 4.78 is 0.